The number of rotatable bonds is 6. The fourth-order valence-corrected chi connectivity index (χ4v) is 4.92. The Balaban J connectivity index is 1.83. The Morgan fingerprint density at radius 2 is 1.84 bits per heavy atom. The van der Waals surface area contributed by atoms with Crippen LogP contribution in [0.15, 0.2) is 64.2 Å². The fourth-order valence-electron chi connectivity index (χ4n) is 4.92. The van der Waals surface area contributed by atoms with Gasteiger partial charge in [-0.15, -0.1) is 5.92 Å². The molecule has 2 aromatic heterocycles. The molecule has 1 saturated heterocycles. The number of ether oxygens (including phenoxy) is 1. The summed E-state index contributed by atoms with van der Waals surface area (Å²) in [6.07, 6.45) is 1.86. The predicted octanol–water partition coefficient (Wildman–Crippen LogP) is 2.36. The molecule has 0 saturated carbocycles. The highest BCUT2D eigenvalue weighted by Gasteiger charge is 2.27. The molecule has 4 aromatic rings. The van der Waals surface area contributed by atoms with Gasteiger partial charge < -0.3 is 15.4 Å². The van der Waals surface area contributed by atoms with Gasteiger partial charge in [-0.3, -0.25) is 13.9 Å². The minimum Gasteiger partial charge on any atom is -0.496 e. The van der Waals surface area contributed by atoms with Crippen LogP contribution in [-0.4, -0.2) is 44.9 Å². The number of para-hydroxylation sites is 2. The quantitative estimate of drug-likeness (QED) is 0.410. The molecule has 1 atom stereocenters. The molecule has 2 N–H and O–H groups in total. The zero-order valence-electron chi connectivity index (χ0n) is 21.1. The molecule has 37 heavy (non-hydrogen) atoms. The number of nitrogens with zero attached hydrogens (tertiary/aromatic N) is 5. The van der Waals surface area contributed by atoms with Crippen LogP contribution < -0.4 is 26.6 Å². The van der Waals surface area contributed by atoms with Crippen LogP contribution in [0.4, 0.5) is 5.95 Å². The van der Waals surface area contributed by atoms with Crippen LogP contribution in [0.5, 0.6) is 5.75 Å². The van der Waals surface area contributed by atoms with Gasteiger partial charge in [0.05, 0.1) is 25.9 Å². The number of aromatic nitrogens is 4. The number of anilines is 1. The first kappa shape index (κ1) is 24.4. The predicted molar refractivity (Wildman–Crippen MR) is 145 cm³/mol. The van der Waals surface area contributed by atoms with Crippen molar-refractivity contribution in [1.82, 2.24) is 18.7 Å². The summed E-state index contributed by atoms with van der Waals surface area (Å²) in [7, 11) is 1.57. The van der Waals surface area contributed by atoms with Gasteiger partial charge in [-0.2, -0.15) is 4.98 Å². The van der Waals surface area contributed by atoms with E-state index in [1.54, 1.807) is 14.0 Å². The van der Waals surface area contributed by atoms with Crippen molar-refractivity contribution < 1.29 is 4.74 Å². The lowest BCUT2D eigenvalue weighted by atomic mass is 10.1. The van der Waals surface area contributed by atoms with E-state index in [4.69, 9.17) is 15.5 Å². The Hall–Kier alpha value is -4.29. The van der Waals surface area contributed by atoms with Gasteiger partial charge in [0.15, 0.2) is 11.2 Å². The maximum absolute atomic E-state index is 14.0. The van der Waals surface area contributed by atoms with Crippen molar-refractivity contribution in [2.24, 2.45) is 5.73 Å². The molecule has 9 heteroatoms. The Bertz CT molecular complexity index is 1610. The molecule has 1 aliphatic rings. The Morgan fingerprint density at radius 1 is 1.08 bits per heavy atom. The van der Waals surface area contributed by atoms with E-state index in [0.29, 0.717) is 35.1 Å². The standard InChI is InChI=1S/C28H30N6O3/c1-3-4-17-32-24-25(30-27(32)31-16-10-12-21(29)19-31)34(22-13-6-5-7-14-22)28(36)33(26(24)35)18-20-11-8-9-15-23(20)37-2/h5-9,11,13-15,21H,10,12,16-19,29H2,1-2H3/t21-/m1/s1. The maximum Gasteiger partial charge on any atom is 0.337 e. The van der Waals surface area contributed by atoms with E-state index in [1.165, 1.54) is 9.13 Å². The molecule has 1 aliphatic heterocycles. The van der Waals surface area contributed by atoms with E-state index in [0.717, 1.165) is 24.9 Å². The van der Waals surface area contributed by atoms with Crippen LogP contribution in [0.3, 0.4) is 0 Å². The molecule has 0 radical (unpaired) electrons. The Labute approximate surface area is 214 Å². The van der Waals surface area contributed by atoms with Gasteiger partial charge in [-0.25, -0.2) is 9.36 Å². The summed E-state index contributed by atoms with van der Waals surface area (Å²) in [5, 5.41) is 0. The molecular weight excluding hydrogens is 468 g/mol. The third kappa shape index (κ3) is 4.52. The minimum absolute atomic E-state index is 0.0118. The zero-order valence-corrected chi connectivity index (χ0v) is 21.1. The molecule has 5 rings (SSSR count). The number of imidazole rings is 1. The molecule has 0 spiro atoms. The summed E-state index contributed by atoms with van der Waals surface area (Å²) in [5.41, 5.74) is 7.38. The van der Waals surface area contributed by atoms with Gasteiger partial charge in [0, 0.05) is 24.7 Å². The Kier molecular flexibility index (Phi) is 6.84. The highest BCUT2D eigenvalue weighted by molar-refractivity contribution is 5.77. The lowest BCUT2D eigenvalue weighted by Gasteiger charge is -2.31. The minimum atomic E-state index is -0.470. The van der Waals surface area contributed by atoms with Crippen molar-refractivity contribution in [2.75, 3.05) is 25.1 Å². The normalized spacial score (nSPS) is 15.4. The number of benzene rings is 2. The Morgan fingerprint density at radius 3 is 2.57 bits per heavy atom. The second-order valence-corrected chi connectivity index (χ2v) is 9.10. The van der Waals surface area contributed by atoms with Gasteiger partial charge >= 0.3 is 5.69 Å². The van der Waals surface area contributed by atoms with E-state index < -0.39 is 11.2 Å². The van der Waals surface area contributed by atoms with Crippen molar-refractivity contribution in [3.63, 3.8) is 0 Å². The third-order valence-electron chi connectivity index (χ3n) is 6.70. The van der Waals surface area contributed by atoms with Gasteiger partial charge in [0.25, 0.3) is 5.56 Å². The summed E-state index contributed by atoms with van der Waals surface area (Å²) >= 11 is 0. The summed E-state index contributed by atoms with van der Waals surface area (Å²) in [6, 6.07) is 16.6. The van der Waals surface area contributed by atoms with E-state index in [9.17, 15) is 9.59 Å². The second-order valence-electron chi connectivity index (χ2n) is 9.10. The first-order valence-electron chi connectivity index (χ1n) is 12.4. The van der Waals surface area contributed by atoms with Gasteiger partial charge in [0.1, 0.15) is 5.75 Å². The molecule has 2 aromatic carbocycles. The fraction of sp³-hybridized carbons (Fsp3) is 0.321. The smallest absolute Gasteiger partial charge is 0.337 e. The number of nitrogens with two attached hydrogens (primary N) is 1. The lowest BCUT2D eigenvalue weighted by molar-refractivity contribution is 0.407. The van der Waals surface area contributed by atoms with Crippen LogP contribution in [0.1, 0.15) is 25.3 Å². The summed E-state index contributed by atoms with van der Waals surface area (Å²) in [4.78, 5) is 35.0. The van der Waals surface area contributed by atoms with Crippen LogP contribution in [0.2, 0.25) is 0 Å². The van der Waals surface area contributed by atoms with Crippen molar-refractivity contribution in [1.29, 1.82) is 0 Å². The molecule has 0 bridgehead atoms. The van der Waals surface area contributed by atoms with E-state index >= 15 is 0 Å². The summed E-state index contributed by atoms with van der Waals surface area (Å²) < 4.78 is 10.1. The topological polar surface area (TPSA) is 100 Å². The summed E-state index contributed by atoms with van der Waals surface area (Å²) in [6.45, 7) is 3.47. The largest absolute Gasteiger partial charge is 0.496 e. The number of fused-ring (bicyclic) bond motifs is 1. The number of hydrogen-bond donors (Lipinski definition) is 1. The van der Waals surface area contributed by atoms with Crippen molar-refractivity contribution in [3.05, 3.63) is 81.0 Å². The van der Waals surface area contributed by atoms with Crippen LogP contribution in [0, 0.1) is 11.8 Å². The SMILES string of the molecule is CC#CCn1c(N2CCC[C@@H](N)C2)nc2c1c(=O)n(Cc1ccccc1OC)c(=O)n2-c1ccccc1. The van der Waals surface area contributed by atoms with E-state index in [2.05, 4.69) is 16.7 Å². The van der Waals surface area contributed by atoms with E-state index in [1.807, 2.05) is 59.2 Å². The average molecular weight is 499 g/mol. The first-order chi connectivity index (χ1) is 18.0. The number of methoxy groups -OCH3 is 1. The highest BCUT2D eigenvalue weighted by atomic mass is 16.5. The first-order valence-corrected chi connectivity index (χ1v) is 12.4. The molecule has 9 nitrogen and oxygen atoms in total. The van der Waals surface area contributed by atoms with Gasteiger partial charge in [-0.05, 0) is 38.0 Å². The summed E-state index contributed by atoms with van der Waals surface area (Å²) in [5.74, 6) is 7.21. The third-order valence-corrected chi connectivity index (χ3v) is 6.70. The van der Waals surface area contributed by atoms with E-state index in [-0.39, 0.29) is 19.1 Å². The molecule has 0 aliphatic carbocycles. The molecule has 0 amide bonds. The monoisotopic (exact) mass is 498 g/mol. The van der Waals surface area contributed by atoms with Gasteiger partial charge in [0.2, 0.25) is 5.95 Å². The maximum atomic E-state index is 14.0. The molecular formula is C28H30N6O3. The second kappa shape index (κ2) is 10.4. The van der Waals surface area contributed by atoms with Crippen molar-refractivity contribution >= 4 is 17.1 Å². The average Bonchev–Trinajstić information content (AvgIpc) is 3.30. The van der Waals surface area contributed by atoms with Crippen LogP contribution in [0.25, 0.3) is 16.9 Å². The number of piperidine rings is 1. The number of hydrogen-bond acceptors (Lipinski definition) is 6. The lowest BCUT2D eigenvalue weighted by Crippen LogP contribution is -2.44. The van der Waals surface area contributed by atoms with Crippen LogP contribution >= 0.6 is 0 Å². The van der Waals surface area contributed by atoms with Gasteiger partial charge in [-0.1, -0.05) is 42.3 Å². The molecule has 3 heterocycles. The molecule has 0 unspecified atom stereocenters. The van der Waals surface area contributed by atoms with Crippen LogP contribution in [-0.2, 0) is 13.1 Å². The van der Waals surface area contributed by atoms with Crippen molar-refractivity contribution in [2.45, 2.75) is 38.9 Å². The zero-order chi connectivity index (χ0) is 25.9. The molecule has 1 fully saturated rings. The van der Waals surface area contributed by atoms with Crippen molar-refractivity contribution in [3.8, 4) is 23.3 Å². The highest BCUT2D eigenvalue weighted by Crippen LogP contribution is 2.25. The molecule has 190 valence electrons.